The standard InChI is InChI=1S/C24H28F3N3.C24H27F3N2O2.C23H27F3N4.C23H26F3N3O2.C23H29FN4/c1-5-28-15-11-18(25)21(19(26)12-15)23-22-17(16-8-6-7-9-20(16)29-22)10-14(2)30(23)13-24(3,4)27;1-4-31-15-10-18(25)21(19(26)11-15)23-22-17(16-7-5-6-8-20(16)28-22)9-14(2)29(23)12-24(3,27)13-30;1-5-27-18-11-16(24)19(22(25)29-18)21-20-15(14-8-6-7-9-17(14)28-20)10-13(2)30(21)12-23(3,4)26;1-4-31-18-10-16(24)19(22(25)28-18)21-20-15(14-7-5-6-8-17(14)27-20)9-13(2)29(21)11-23(3,26)12-30;1-5-25-20-11-10-16(13-26-20)22-21-18(17-8-6-7-9-19(17)27-21)12-15(2)28(22)14-23(3,4)24/h6-9,11-12,14,23,28-29H,5,10,13H2,1-4H3;5-8,10-11,14,23,28,30H,4,9,12-13H2,1-3H3;6-9,11,13,21,28H,5,10,12H2,1-4H3,(H,27,29);5-8,10,13,21,27,30H,4,9,11-12H2,1-3H3;6-11,13,15,22,27H,5,12,14H2,1-4H3,(H,25,26). The number of fused-ring (bicyclic) bond motifs is 15. The van der Waals surface area contributed by atoms with E-state index in [0.29, 0.717) is 68.1 Å². The summed E-state index contributed by atoms with van der Waals surface area (Å²) >= 11 is 0. The minimum atomic E-state index is -1.94. The number of alkyl halides is 5. The molecule has 0 spiro atoms. The summed E-state index contributed by atoms with van der Waals surface area (Å²) in [5.41, 5.74) is 6.57. The van der Waals surface area contributed by atoms with Gasteiger partial charge in [0.05, 0.1) is 67.8 Å². The number of pyridine rings is 3. The molecule has 0 amide bonds. The van der Waals surface area contributed by atoms with Crippen LogP contribution in [0.25, 0.3) is 54.5 Å². The number of benzene rings is 7. The number of hydrogen-bond acceptors (Lipinski definition) is 15. The van der Waals surface area contributed by atoms with Crippen molar-refractivity contribution in [3.8, 4) is 11.6 Å². The molecule has 15 aromatic rings. The molecule has 12 unspecified atom stereocenters. The van der Waals surface area contributed by atoms with Gasteiger partial charge in [-0.25, -0.2) is 58.3 Å². The lowest BCUT2D eigenvalue weighted by molar-refractivity contribution is 0.0160. The SMILES string of the molecule is CCNc1cc(F)c(C2c3[nH]c4ccccc4c3CC(C)N2CC(C)(C)F)c(F)c1.CCNc1cc(F)c(C2c3[nH]c4ccccc4c3CC(C)N2CC(C)(C)F)c(F)n1.CCNc1ccc(C2c3[nH]c4ccccc4c3CC(C)N2CC(C)(C)F)cn1.CCOc1cc(F)c(C2c3[nH]c4ccccc4c3CC(C)N2CC(C)(F)CO)c(F)c1.CCOc1cc(F)c(C2c3[nH]c4ccccc4c3CC(C)N2CC(C)(F)CO)c(F)n1. The highest BCUT2D eigenvalue weighted by atomic mass is 19.2. The summed E-state index contributed by atoms with van der Waals surface area (Å²) in [6.07, 6.45) is 5.36. The number of H-pyrrole nitrogens is 5. The molecular weight excluding hydrogens is 1940 g/mol. The van der Waals surface area contributed by atoms with Crippen molar-refractivity contribution in [3.63, 3.8) is 0 Å². The first-order chi connectivity index (χ1) is 71.3. The van der Waals surface area contributed by atoms with E-state index in [4.69, 9.17) is 9.47 Å². The molecule has 0 saturated carbocycles. The second-order valence-electron chi connectivity index (χ2n) is 42.7. The maximum Gasteiger partial charge on any atom is 0.224 e. The van der Waals surface area contributed by atoms with Gasteiger partial charge in [0.2, 0.25) is 17.8 Å². The molecule has 800 valence electrons. The summed E-state index contributed by atoms with van der Waals surface area (Å²) < 4.78 is 206. The van der Waals surface area contributed by atoms with Gasteiger partial charge in [-0.3, -0.25) is 24.5 Å². The Morgan fingerprint density at radius 1 is 0.340 bits per heavy atom. The highest BCUT2D eigenvalue weighted by molar-refractivity contribution is 5.89. The zero-order chi connectivity index (χ0) is 108. The number of aliphatic hydroxyl groups excluding tert-OH is 2. The first-order valence-corrected chi connectivity index (χ1v) is 51.8. The van der Waals surface area contributed by atoms with Crippen molar-refractivity contribution in [1.29, 1.82) is 0 Å². The van der Waals surface area contributed by atoms with E-state index in [1.807, 2.05) is 161 Å². The maximum atomic E-state index is 15.3. The van der Waals surface area contributed by atoms with Crippen molar-refractivity contribution in [1.82, 2.24) is 64.4 Å². The van der Waals surface area contributed by atoms with E-state index in [-0.39, 0.29) is 115 Å². The molecular formula is C117H137F13N16O4. The van der Waals surface area contributed by atoms with Gasteiger partial charge in [0, 0.05) is 213 Å². The summed E-state index contributed by atoms with van der Waals surface area (Å²) in [7, 11) is 0. The van der Waals surface area contributed by atoms with E-state index in [0.717, 1.165) is 107 Å². The number of nitrogens with one attached hydrogen (secondary N) is 8. The zero-order valence-electron chi connectivity index (χ0n) is 88.2. The number of aromatic amines is 5. The summed E-state index contributed by atoms with van der Waals surface area (Å²) in [6, 6.07) is 47.1. The third kappa shape index (κ3) is 23.6. The first kappa shape index (κ1) is 110. The van der Waals surface area contributed by atoms with Crippen LogP contribution in [0.4, 0.5) is 74.4 Å². The lowest BCUT2D eigenvalue weighted by Gasteiger charge is -2.43. The quantitative estimate of drug-likeness (QED) is 0.0171. The molecule has 0 saturated heterocycles. The van der Waals surface area contributed by atoms with Gasteiger partial charge in [0.15, 0.2) is 0 Å². The van der Waals surface area contributed by atoms with Crippen LogP contribution < -0.4 is 25.4 Å². The highest BCUT2D eigenvalue weighted by Crippen LogP contribution is 2.51. The maximum absolute atomic E-state index is 15.3. The minimum Gasteiger partial charge on any atom is -0.494 e. The van der Waals surface area contributed by atoms with Crippen LogP contribution >= 0.6 is 0 Å². The van der Waals surface area contributed by atoms with E-state index < -0.39 is 113 Å². The Hall–Kier alpha value is -12.5. The molecule has 5 aliphatic rings. The number of halogens is 13. The van der Waals surface area contributed by atoms with E-state index in [1.165, 1.54) is 88.5 Å². The minimum absolute atomic E-state index is 0.0376. The van der Waals surface area contributed by atoms with Crippen molar-refractivity contribution in [3.05, 3.63) is 307 Å². The largest absolute Gasteiger partial charge is 0.494 e. The lowest BCUT2D eigenvalue weighted by atomic mass is 9.87. The van der Waals surface area contributed by atoms with Crippen LogP contribution in [0.1, 0.15) is 239 Å². The fourth-order valence-electron chi connectivity index (χ4n) is 22.6. The summed E-state index contributed by atoms with van der Waals surface area (Å²) in [5.74, 6) is -5.15. The van der Waals surface area contributed by atoms with E-state index in [2.05, 4.69) is 105 Å². The number of aromatic nitrogens is 8. The average Bonchev–Trinajstić information content (AvgIpc) is 1.56. The number of aliphatic hydroxyl groups is 2. The summed E-state index contributed by atoms with van der Waals surface area (Å²) in [4.78, 5) is 38.7. The Kier molecular flexibility index (Phi) is 33.2. The van der Waals surface area contributed by atoms with Crippen LogP contribution in [0.2, 0.25) is 0 Å². The molecule has 13 heterocycles. The predicted octanol–water partition coefficient (Wildman–Crippen LogP) is 25.6. The Labute approximate surface area is 867 Å². The molecule has 12 atom stereocenters. The van der Waals surface area contributed by atoms with Gasteiger partial charge in [-0.15, -0.1) is 0 Å². The Balaban J connectivity index is 0.000000134. The third-order valence-electron chi connectivity index (χ3n) is 28.9. The van der Waals surface area contributed by atoms with Crippen LogP contribution in [-0.4, -0.2) is 212 Å². The van der Waals surface area contributed by atoms with Crippen LogP contribution in [0, 0.1) is 46.8 Å². The van der Waals surface area contributed by atoms with E-state index in [1.54, 1.807) is 37.5 Å². The molecule has 10 N–H and O–H groups in total. The average molecular weight is 2080 g/mol. The number of ether oxygens (including phenoxy) is 2. The number of hydrogen-bond donors (Lipinski definition) is 10. The smallest absolute Gasteiger partial charge is 0.224 e. The second-order valence-corrected chi connectivity index (χ2v) is 42.7. The van der Waals surface area contributed by atoms with Gasteiger partial charge in [0.25, 0.3) is 0 Å². The van der Waals surface area contributed by atoms with Crippen LogP contribution in [0.3, 0.4) is 0 Å². The molecule has 0 fully saturated rings. The number of para-hydroxylation sites is 5. The van der Waals surface area contributed by atoms with E-state index >= 15 is 35.1 Å². The lowest BCUT2D eigenvalue weighted by Crippen LogP contribution is -2.50. The molecule has 0 radical (unpaired) electrons. The van der Waals surface area contributed by atoms with Crippen LogP contribution in [0.15, 0.2) is 176 Å². The van der Waals surface area contributed by atoms with Gasteiger partial charge in [-0.2, -0.15) is 13.8 Å². The van der Waals surface area contributed by atoms with Crippen molar-refractivity contribution in [2.75, 3.05) is 94.7 Å². The first-order valence-electron chi connectivity index (χ1n) is 51.8. The summed E-state index contributed by atoms with van der Waals surface area (Å²) in [6.45, 7) is 32.2. The molecule has 150 heavy (non-hydrogen) atoms. The van der Waals surface area contributed by atoms with Crippen molar-refractivity contribution < 1.29 is 76.8 Å². The van der Waals surface area contributed by atoms with Crippen LogP contribution in [-0.2, 0) is 32.1 Å². The summed E-state index contributed by atoms with van der Waals surface area (Å²) in [5, 5.41) is 33.4. The van der Waals surface area contributed by atoms with Gasteiger partial charge >= 0.3 is 0 Å². The van der Waals surface area contributed by atoms with Crippen LogP contribution in [0.5, 0.6) is 11.6 Å². The van der Waals surface area contributed by atoms with Gasteiger partial charge in [-0.1, -0.05) is 97.1 Å². The second kappa shape index (κ2) is 45.2. The molecule has 20 nitrogen and oxygen atoms in total. The monoisotopic (exact) mass is 2080 g/mol. The third-order valence-corrected chi connectivity index (χ3v) is 28.9. The fraction of sp³-hybridized carbons (Fsp3) is 0.427. The normalized spacial score (nSPS) is 20.5. The fourth-order valence-corrected chi connectivity index (χ4v) is 22.6. The van der Waals surface area contributed by atoms with E-state index in [9.17, 15) is 32.2 Å². The van der Waals surface area contributed by atoms with Gasteiger partial charge in [-0.05, 0) is 239 Å². The number of anilines is 3. The molecule has 8 aromatic heterocycles. The molecule has 5 aliphatic heterocycles. The molecule has 0 bridgehead atoms. The Morgan fingerprint density at radius 2 is 0.633 bits per heavy atom. The van der Waals surface area contributed by atoms with Gasteiger partial charge in [0.1, 0.15) is 80.6 Å². The predicted molar refractivity (Wildman–Crippen MR) is 569 cm³/mol. The van der Waals surface area contributed by atoms with Crippen molar-refractivity contribution in [2.45, 2.75) is 245 Å². The van der Waals surface area contributed by atoms with Crippen molar-refractivity contribution >= 4 is 71.8 Å². The highest BCUT2D eigenvalue weighted by Gasteiger charge is 2.49. The molecule has 20 rings (SSSR count). The molecule has 7 aromatic carbocycles. The Bertz CT molecular complexity index is 6830. The van der Waals surface area contributed by atoms with Crippen molar-refractivity contribution in [2.24, 2.45) is 0 Å². The molecule has 33 heteroatoms. The number of nitrogens with zero attached hydrogens (tertiary/aromatic N) is 8. The number of rotatable bonds is 27. The van der Waals surface area contributed by atoms with Gasteiger partial charge < -0.3 is 60.6 Å². The Morgan fingerprint density at radius 3 is 0.940 bits per heavy atom. The molecule has 0 aliphatic carbocycles. The topological polar surface area (TPSA) is 229 Å². The zero-order valence-corrected chi connectivity index (χ0v) is 88.2.